The van der Waals surface area contributed by atoms with Gasteiger partial charge in [-0.25, -0.2) is 0 Å². The summed E-state index contributed by atoms with van der Waals surface area (Å²) in [5, 5.41) is 0.706. The van der Waals surface area contributed by atoms with E-state index in [-0.39, 0.29) is 11.9 Å². The Labute approximate surface area is 117 Å². The summed E-state index contributed by atoms with van der Waals surface area (Å²) in [6.45, 7) is 0. The van der Waals surface area contributed by atoms with Crippen LogP contribution < -0.4 is 0 Å². The van der Waals surface area contributed by atoms with Crippen LogP contribution >= 0.6 is 11.6 Å². The number of carbonyl (C=O) groups is 1. The number of benzene rings is 2. The van der Waals surface area contributed by atoms with E-state index in [0.29, 0.717) is 5.02 Å². The molecule has 0 radical (unpaired) electrons. The maximum absolute atomic E-state index is 12.4. The zero-order valence-corrected chi connectivity index (χ0v) is 11.4. The van der Waals surface area contributed by atoms with Crippen molar-refractivity contribution in [1.82, 2.24) is 4.90 Å². The lowest BCUT2D eigenvalue weighted by atomic mass is 9.90. The summed E-state index contributed by atoms with van der Waals surface area (Å²) in [5.74, 6) is 0.0758. The van der Waals surface area contributed by atoms with Crippen molar-refractivity contribution < 1.29 is 4.79 Å². The minimum Gasteiger partial charge on any atom is -0.334 e. The van der Waals surface area contributed by atoms with Gasteiger partial charge < -0.3 is 4.90 Å². The Morgan fingerprint density at radius 3 is 2.74 bits per heavy atom. The molecular formula is C16H14ClNO. The van der Waals surface area contributed by atoms with Crippen LogP contribution in [0.3, 0.4) is 0 Å². The van der Waals surface area contributed by atoms with Crippen LogP contribution in [0.5, 0.6) is 0 Å². The predicted octanol–water partition coefficient (Wildman–Crippen LogP) is 3.71. The lowest BCUT2D eigenvalue weighted by Gasteiger charge is -2.34. The molecule has 0 N–H and O–H groups in total. The SMILES string of the molecule is CN1C(=O)c2ccccc2CC1c1cccc(Cl)c1. The number of hydrogen-bond donors (Lipinski definition) is 0. The van der Waals surface area contributed by atoms with Gasteiger partial charge in [0.2, 0.25) is 0 Å². The highest BCUT2D eigenvalue weighted by Gasteiger charge is 2.30. The molecule has 0 aliphatic carbocycles. The number of likely N-dealkylation sites (N-methyl/N-ethyl adjacent to an activating group) is 1. The molecule has 3 rings (SSSR count). The maximum atomic E-state index is 12.4. The first-order chi connectivity index (χ1) is 9.16. The lowest BCUT2D eigenvalue weighted by Crippen LogP contribution is -2.37. The van der Waals surface area contributed by atoms with Crippen LogP contribution in [0.1, 0.15) is 27.5 Å². The van der Waals surface area contributed by atoms with Crippen molar-refractivity contribution in [2.75, 3.05) is 7.05 Å². The van der Waals surface area contributed by atoms with Gasteiger partial charge in [0.05, 0.1) is 6.04 Å². The van der Waals surface area contributed by atoms with Gasteiger partial charge >= 0.3 is 0 Å². The molecule has 1 atom stereocenters. The molecule has 0 bridgehead atoms. The largest absolute Gasteiger partial charge is 0.334 e. The summed E-state index contributed by atoms with van der Waals surface area (Å²) in [4.78, 5) is 14.2. The van der Waals surface area contributed by atoms with Gasteiger partial charge in [-0.3, -0.25) is 4.79 Å². The number of nitrogens with zero attached hydrogens (tertiary/aromatic N) is 1. The van der Waals surface area contributed by atoms with Crippen molar-refractivity contribution in [1.29, 1.82) is 0 Å². The van der Waals surface area contributed by atoms with Crippen molar-refractivity contribution in [2.24, 2.45) is 0 Å². The van der Waals surface area contributed by atoms with E-state index in [1.807, 2.05) is 55.6 Å². The van der Waals surface area contributed by atoms with Gasteiger partial charge in [0.15, 0.2) is 0 Å². The molecule has 2 aromatic rings. The van der Waals surface area contributed by atoms with E-state index in [4.69, 9.17) is 11.6 Å². The lowest BCUT2D eigenvalue weighted by molar-refractivity contribution is 0.0705. The van der Waals surface area contributed by atoms with Crippen LogP contribution in [0.25, 0.3) is 0 Å². The Morgan fingerprint density at radius 2 is 1.95 bits per heavy atom. The Balaban J connectivity index is 2.04. The number of rotatable bonds is 1. The fourth-order valence-corrected chi connectivity index (χ4v) is 2.84. The van der Waals surface area contributed by atoms with Crippen molar-refractivity contribution in [2.45, 2.75) is 12.5 Å². The summed E-state index contributed by atoms with van der Waals surface area (Å²) in [7, 11) is 1.85. The highest BCUT2D eigenvalue weighted by molar-refractivity contribution is 6.30. The fourth-order valence-electron chi connectivity index (χ4n) is 2.64. The Bertz CT molecular complexity index is 638. The normalized spacial score (nSPS) is 18.3. The average Bonchev–Trinajstić information content (AvgIpc) is 2.43. The smallest absolute Gasteiger partial charge is 0.254 e. The fraction of sp³-hybridized carbons (Fsp3) is 0.188. The van der Waals surface area contributed by atoms with Gasteiger partial charge in [-0.1, -0.05) is 41.9 Å². The summed E-state index contributed by atoms with van der Waals surface area (Å²) in [6.07, 6.45) is 0.832. The van der Waals surface area contributed by atoms with Crippen LogP contribution in [0, 0.1) is 0 Å². The maximum Gasteiger partial charge on any atom is 0.254 e. The second kappa shape index (κ2) is 4.71. The van der Waals surface area contributed by atoms with Crippen LogP contribution in [-0.2, 0) is 6.42 Å². The summed E-state index contributed by atoms with van der Waals surface area (Å²) in [6, 6.07) is 15.6. The molecule has 2 nitrogen and oxygen atoms in total. The zero-order chi connectivity index (χ0) is 13.4. The molecule has 1 unspecified atom stereocenters. The first-order valence-electron chi connectivity index (χ1n) is 6.27. The highest BCUT2D eigenvalue weighted by Crippen LogP contribution is 2.32. The third-order valence-electron chi connectivity index (χ3n) is 3.68. The van der Waals surface area contributed by atoms with E-state index < -0.39 is 0 Å². The third kappa shape index (κ3) is 2.13. The molecule has 2 aromatic carbocycles. The Kier molecular flexibility index (Phi) is 3.03. The molecule has 0 spiro atoms. The first-order valence-corrected chi connectivity index (χ1v) is 6.65. The van der Waals surface area contributed by atoms with Crippen molar-refractivity contribution in [3.05, 3.63) is 70.2 Å². The van der Waals surface area contributed by atoms with Crippen LogP contribution in [0.2, 0.25) is 5.02 Å². The number of carbonyl (C=O) groups excluding carboxylic acids is 1. The molecule has 96 valence electrons. The number of hydrogen-bond acceptors (Lipinski definition) is 1. The summed E-state index contributed by atoms with van der Waals surface area (Å²) in [5.41, 5.74) is 3.00. The molecule has 0 aromatic heterocycles. The summed E-state index contributed by atoms with van der Waals surface area (Å²) >= 11 is 6.04. The van der Waals surface area contributed by atoms with Gasteiger partial charge in [0.1, 0.15) is 0 Å². The molecule has 1 aliphatic rings. The minimum atomic E-state index is 0.0566. The first kappa shape index (κ1) is 12.2. The predicted molar refractivity (Wildman–Crippen MR) is 76.4 cm³/mol. The quantitative estimate of drug-likeness (QED) is 0.774. The number of amides is 1. The van der Waals surface area contributed by atoms with E-state index in [2.05, 4.69) is 0 Å². The van der Waals surface area contributed by atoms with Gasteiger partial charge in [0, 0.05) is 17.6 Å². The Hall–Kier alpha value is -1.80. The van der Waals surface area contributed by atoms with Gasteiger partial charge in [0.25, 0.3) is 5.91 Å². The van der Waals surface area contributed by atoms with Gasteiger partial charge in [-0.05, 0) is 35.7 Å². The van der Waals surface area contributed by atoms with Gasteiger partial charge in [-0.2, -0.15) is 0 Å². The van der Waals surface area contributed by atoms with E-state index >= 15 is 0 Å². The molecule has 1 amide bonds. The minimum absolute atomic E-state index is 0.0566. The van der Waals surface area contributed by atoms with Crippen LogP contribution in [0.15, 0.2) is 48.5 Å². The Morgan fingerprint density at radius 1 is 1.16 bits per heavy atom. The zero-order valence-electron chi connectivity index (χ0n) is 10.6. The monoisotopic (exact) mass is 271 g/mol. The van der Waals surface area contributed by atoms with E-state index in [0.717, 1.165) is 23.1 Å². The van der Waals surface area contributed by atoms with Crippen molar-refractivity contribution >= 4 is 17.5 Å². The van der Waals surface area contributed by atoms with Gasteiger partial charge in [-0.15, -0.1) is 0 Å². The average molecular weight is 272 g/mol. The number of halogens is 1. The third-order valence-corrected chi connectivity index (χ3v) is 3.92. The molecule has 19 heavy (non-hydrogen) atoms. The molecule has 1 aliphatic heterocycles. The van der Waals surface area contributed by atoms with E-state index in [9.17, 15) is 4.79 Å². The summed E-state index contributed by atoms with van der Waals surface area (Å²) < 4.78 is 0. The standard InChI is InChI=1S/C16H14ClNO/c1-18-15(12-6-4-7-13(17)9-12)10-11-5-2-3-8-14(11)16(18)19/h2-9,15H,10H2,1H3. The van der Waals surface area contributed by atoms with Crippen molar-refractivity contribution in [3.63, 3.8) is 0 Å². The molecule has 1 heterocycles. The van der Waals surface area contributed by atoms with Crippen molar-refractivity contribution in [3.8, 4) is 0 Å². The number of fused-ring (bicyclic) bond motifs is 1. The molecule has 3 heteroatoms. The molecule has 0 saturated heterocycles. The second-order valence-corrected chi connectivity index (χ2v) is 5.28. The van der Waals surface area contributed by atoms with E-state index in [1.54, 1.807) is 4.90 Å². The van der Waals surface area contributed by atoms with E-state index in [1.165, 1.54) is 0 Å². The highest BCUT2D eigenvalue weighted by atomic mass is 35.5. The molecule has 0 fully saturated rings. The van der Waals surface area contributed by atoms with Crippen LogP contribution in [0.4, 0.5) is 0 Å². The molecular weight excluding hydrogens is 258 g/mol. The topological polar surface area (TPSA) is 20.3 Å². The second-order valence-electron chi connectivity index (χ2n) is 4.85. The molecule has 0 saturated carbocycles. The van der Waals surface area contributed by atoms with Crippen LogP contribution in [-0.4, -0.2) is 17.9 Å².